The summed E-state index contributed by atoms with van der Waals surface area (Å²) in [5.41, 5.74) is 2.85. The van der Waals surface area contributed by atoms with Crippen LogP contribution in [0.2, 0.25) is 0 Å². The Kier molecular flexibility index (Phi) is 5.38. The Hall–Kier alpha value is -3.99. The molecule has 5 nitrogen and oxygen atoms in total. The second-order valence-corrected chi connectivity index (χ2v) is 8.36. The second-order valence-electron chi connectivity index (χ2n) is 8.36. The van der Waals surface area contributed by atoms with Crippen molar-refractivity contribution in [1.29, 1.82) is 0 Å². The number of methoxy groups -OCH3 is 1. The van der Waals surface area contributed by atoms with Gasteiger partial charge in [0, 0.05) is 11.8 Å². The van der Waals surface area contributed by atoms with E-state index in [0.29, 0.717) is 11.3 Å². The van der Waals surface area contributed by atoms with Crippen molar-refractivity contribution in [2.75, 3.05) is 12.0 Å². The zero-order chi connectivity index (χ0) is 22.9. The molecule has 1 aliphatic carbocycles. The van der Waals surface area contributed by atoms with Crippen molar-refractivity contribution in [2.24, 2.45) is 11.8 Å². The predicted octanol–water partition coefficient (Wildman–Crippen LogP) is 4.72. The van der Waals surface area contributed by atoms with Crippen LogP contribution in [0.1, 0.15) is 33.3 Å². The molecule has 0 radical (unpaired) electrons. The zero-order valence-corrected chi connectivity index (χ0v) is 18.1. The lowest BCUT2D eigenvalue weighted by Gasteiger charge is -2.32. The first-order chi connectivity index (χ1) is 16.1. The van der Waals surface area contributed by atoms with Gasteiger partial charge in [0.25, 0.3) is 0 Å². The number of allylic oxidation sites excluding steroid dienone is 2. The number of carbonyl (C=O) groups is 3. The number of amides is 2. The lowest BCUT2D eigenvalue weighted by molar-refractivity contribution is -0.122. The minimum atomic E-state index is -0.504. The molecular weight excluding hydrogens is 414 g/mol. The number of esters is 1. The molecule has 2 amide bonds. The van der Waals surface area contributed by atoms with Crippen molar-refractivity contribution in [2.45, 2.75) is 11.8 Å². The lowest BCUT2D eigenvalue weighted by atomic mass is 9.68. The average Bonchev–Trinajstić information content (AvgIpc) is 3.14. The highest BCUT2D eigenvalue weighted by Gasteiger charge is 2.55. The molecule has 3 aromatic carbocycles. The summed E-state index contributed by atoms with van der Waals surface area (Å²) in [6.45, 7) is 0. The van der Waals surface area contributed by atoms with Crippen LogP contribution in [0.25, 0.3) is 0 Å². The lowest BCUT2D eigenvalue weighted by Crippen LogP contribution is -2.31. The van der Waals surface area contributed by atoms with Crippen molar-refractivity contribution in [3.05, 3.63) is 114 Å². The van der Waals surface area contributed by atoms with Crippen LogP contribution in [0.5, 0.6) is 0 Å². The monoisotopic (exact) mass is 437 g/mol. The standard InChI is InChI=1S/C28H23NO4/c1-33-28(32)20-12-14-21(15-13-20)29-26(30)24-22(18-8-4-2-5-9-18)16-17-23(25(24)27(29)31)19-10-6-3-7-11-19/h2-17,22-25H,1H3/t22-,23+,24-,25-/m1/s1. The first-order valence-electron chi connectivity index (χ1n) is 10.9. The summed E-state index contributed by atoms with van der Waals surface area (Å²) in [6.07, 6.45) is 4.15. The van der Waals surface area contributed by atoms with Gasteiger partial charge in [-0.05, 0) is 35.4 Å². The van der Waals surface area contributed by atoms with Gasteiger partial charge in [-0.3, -0.25) is 9.59 Å². The van der Waals surface area contributed by atoms with Crippen molar-refractivity contribution in [3.63, 3.8) is 0 Å². The molecule has 1 heterocycles. The van der Waals surface area contributed by atoms with Crippen molar-refractivity contribution < 1.29 is 19.1 Å². The molecule has 0 N–H and O–H groups in total. The highest BCUT2D eigenvalue weighted by molar-refractivity contribution is 6.23. The Bertz CT molecular complexity index is 1150. The minimum absolute atomic E-state index is 0.188. The molecule has 5 heteroatoms. The quantitative estimate of drug-likeness (QED) is 0.337. The van der Waals surface area contributed by atoms with E-state index in [1.165, 1.54) is 12.0 Å². The molecular formula is C28H23NO4. The number of nitrogens with zero attached hydrogens (tertiary/aromatic N) is 1. The van der Waals surface area contributed by atoms with Crippen molar-refractivity contribution in [3.8, 4) is 0 Å². The Labute approximate surface area is 192 Å². The number of benzene rings is 3. The fourth-order valence-corrected chi connectivity index (χ4v) is 5.05. The van der Waals surface area contributed by atoms with Crippen LogP contribution in [0.15, 0.2) is 97.1 Å². The summed E-state index contributed by atoms with van der Waals surface area (Å²) < 4.78 is 4.75. The SMILES string of the molecule is COC(=O)c1ccc(N2C(=O)[C@H]3[C@H](C2=O)[C@H](c2ccccc2)C=C[C@@H]3c2ccccc2)cc1. The van der Waals surface area contributed by atoms with Crippen LogP contribution >= 0.6 is 0 Å². The van der Waals surface area contributed by atoms with E-state index in [9.17, 15) is 14.4 Å². The maximum Gasteiger partial charge on any atom is 0.337 e. The third kappa shape index (κ3) is 3.55. The largest absolute Gasteiger partial charge is 0.465 e. The summed E-state index contributed by atoms with van der Waals surface area (Å²) in [5.74, 6) is -2.28. The Balaban J connectivity index is 1.58. The van der Waals surface area contributed by atoms with Crippen LogP contribution in [0.3, 0.4) is 0 Å². The number of hydrogen-bond acceptors (Lipinski definition) is 4. The number of imide groups is 1. The maximum absolute atomic E-state index is 13.8. The molecule has 3 aromatic rings. The number of ether oxygens (including phenoxy) is 1. The van der Waals surface area contributed by atoms with Crippen LogP contribution in [0, 0.1) is 11.8 Å². The fourth-order valence-electron chi connectivity index (χ4n) is 5.05. The summed E-state index contributed by atoms with van der Waals surface area (Å²) >= 11 is 0. The van der Waals surface area contributed by atoms with Gasteiger partial charge in [0.05, 0.1) is 30.2 Å². The van der Waals surface area contributed by atoms with Crippen molar-refractivity contribution >= 4 is 23.5 Å². The maximum atomic E-state index is 13.8. The Morgan fingerprint density at radius 2 is 1.15 bits per heavy atom. The number of hydrogen-bond donors (Lipinski definition) is 0. The van der Waals surface area contributed by atoms with Gasteiger partial charge in [-0.1, -0.05) is 72.8 Å². The normalized spacial score (nSPS) is 24.0. The molecule has 5 rings (SSSR count). The van der Waals surface area contributed by atoms with Crippen molar-refractivity contribution in [1.82, 2.24) is 0 Å². The first-order valence-corrected chi connectivity index (χ1v) is 10.9. The smallest absolute Gasteiger partial charge is 0.337 e. The molecule has 164 valence electrons. The molecule has 1 aliphatic heterocycles. The molecule has 0 saturated carbocycles. The average molecular weight is 437 g/mol. The molecule has 33 heavy (non-hydrogen) atoms. The van der Waals surface area contributed by atoms with E-state index in [1.807, 2.05) is 60.7 Å². The number of carbonyl (C=O) groups excluding carboxylic acids is 3. The van der Waals surface area contributed by atoms with Gasteiger partial charge in [-0.15, -0.1) is 0 Å². The summed E-state index contributed by atoms with van der Waals surface area (Å²) in [4.78, 5) is 40.6. The molecule has 2 aliphatic rings. The van der Waals surface area contributed by atoms with E-state index >= 15 is 0 Å². The predicted molar refractivity (Wildman–Crippen MR) is 125 cm³/mol. The van der Waals surface area contributed by atoms with Gasteiger partial charge in [-0.2, -0.15) is 0 Å². The van der Waals surface area contributed by atoms with Gasteiger partial charge in [0.2, 0.25) is 11.8 Å². The first kappa shape index (κ1) is 20.9. The minimum Gasteiger partial charge on any atom is -0.465 e. The molecule has 0 aromatic heterocycles. The molecule has 0 unspecified atom stereocenters. The molecule has 0 bridgehead atoms. The van der Waals surface area contributed by atoms with Gasteiger partial charge in [0.15, 0.2) is 0 Å². The molecule has 0 spiro atoms. The van der Waals surface area contributed by atoms with E-state index < -0.39 is 17.8 Å². The number of rotatable bonds is 4. The van der Waals surface area contributed by atoms with Gasteiger partial charge in [-0.25, -0.2) is 9.69 Å². The van der Waals surface area contributed by atoms with Crippen LogP contribution in [-0.4, -0.2) is 24.9 Å². The number of fused-ring (bicyclic) bond motifs is 1. The van der Waals surface area contributed by atoms with Crippen LogP contribution in [-0.2, 0) is 14.3 Å². The topological polar surface area (TPSA) is 63.7 Å². The van der Waals surface area contributed by atoms with E-state index in [1.54, 1.807) is 24.3 Å². The summed E-state index contributed by atoms with van der Waals surface area (Å²) in [6, 6.07) is 26.1. The molecule has 1 fully saturated rings. The van der Waals surface area contributed by atoms with Gasteiger partial charge < -0.3 is 4.74 Å². The van der Waals surface area contributed by atoms with E-state index in [4.69, 9.17) is 4.74 Å². The summed E-state index contributed by atoms with van der Waals surface area (Å²) in [5, 5.41) is 0. The van der Waals surface area contributed by atoms with E-state index in [2.05, 4.69) is 12.2 Å². The molecule has 1 saturated heterocycles. The zero-order valence-electron chi connectivity index (χ0n) is 18.1. The highest BCUT2D eigenvalue weighted by Crippen LogP contribution is 2.50. The van der Waals surface area contributed by atoms with Crippen LogP contribution in [0.4, 0.5) is 5.69 Å². The third-order valence-corrected chi connectivity index (χ3v) is 6.61. The van der Waals surface area contributed by atoms with Gasteiger partial charge in [0.1, 0.15) is 0 Å². The van der Waals surface area contributed by atoms with E-state index in [0.717, 1.165) is 11.1 Å². The van der Waals surface area contributed by atoms with Gasteiger partial charge >= 0.3 is 5.97 Å². The summed E-state index contributed by atoms with van der Waals surface area (Å²) in [7, 11) is 1.31. The van der Waals surface area contributed by atoms with Crippen LogP contribution < -0.4 is 4.90 Å². The molecule has 4 atom stereocenters. The Morgan fingerprint density at radius 1 is 0.697 bits per heavy atom. The number of anilines is 1. The second kappa shape index (κ2) is 8.51. The van der Waals surface area contributed by atoms with E-state index in [-0.39, 0.29) is 23.7 Å². The highest BCUT2D eigenvalue weighted by atomic mass is 16.5. The Morgan fingerprint density at radius 3 is 1.58 bits per heavy atom. The fraction of sp³-hybridized carbons (Fsp3) is 0.179. The third-order valence-electron chi connectivity index (χ3n) is 6.61.